The van der Waals surface area contributed by atoms with Gasteiger partial charge in [0.05, 0.1) is 0 Å². The number of hydrogen-bond acceptors (Lipinski definition) is 3. The SMILES string of the molecule is CCC1(CC)CN(CC2CCN(C)CC2)C(C(C)C)CN1. The lowest BCUT2D eigenvalue weighted by Gasteiger charge is -2.50. The molecule has 21 heavy (non-hydrogen) atoms. The Morgan fingerprint density at radius 3 is 2.29 bits per heavy atom. The van der Waals surface area contributed by atoms with Gasteiger partial charge in [0.15, 0.2) is 0 Å². The van der Waals surface area contributed by atoms with Crippen molar-refractivity contribution in [1.29, 1.82) is 0 Å². The largest absolute Gasteiger partial charge is 0.308 e. The predicted molar refractivity (Wildman–Crippen MR) is 91.7 cm³/mol. The minimum absolute atomic E-state index is 0.358. The van der Waals surface area contributed by atoms with Gasteiger partial charge in [-0.1, -0.05) is 27.7 Å². The van der Waals surface area contributed by atoms with Gasteiger partial charge in [-0.3, -0.25) is 4.90 Å². The number of piperazine rings is 1. The molecule has 3 heteroatoms. The molecule has 2 heterocycles. The highest BCUT2D eigenvalue weighted by Gasteiger charge is 2.38. The van der Waals surface area contributed by atoms with Crippen LogP contribution in [0.4, 0.5) is 0 Å². The summed E-state index contributed by atoms with van der Waals surface area (Å²) < 4.78 is 0. The van der Waals surface area contributed by atoms with Gasteiger partial charge >= 0.3 is 0 Å². The molecule has 0 spiro atoms. The zero-order chi connectivity index (χ0) is 15.5. The fraction of sp³-hybridized carbons (Fsp3) is 1.00. The van der Waals surface area contributed by atoms with Crippen LogP contribution in [-0.2, 0) is 0 Å². The van der Waals surface area contributed by atoms with E-state index in [4.69, 9.17) is 0 Å². The van der Waals surface area contributed by atoms with Gasteiger partial charge in [0.25, 0.3) is 0 Å². The second kappa shape index (κ2) is 7.43. The van der Waals surface area contributed by atoms with Crippen molar-refractivity contribution in [1.82, 2.24) is 15.1 Å². The molecule has 0 amide bonds. The van der Waals surface area contributed by atoms with Crippen LogP contribution in [0.3, 0.4) is 0 Å². The monoisotopic (exact) mass is 295 g/mol. The quantitative estimate of drug-likeness (QED) is 0.841. The van der Waals surface area contributed by atoms with Crippen molar-refractivity contribution in [2.45, 2.75) is 65.0 Å². The molecular weight excluding hydrogens is 258 g/mol. The normalized spacial score (nSPS) is 29.1. The zero-order valence-electron chi connectivity index (χ0n) is 15.0. The second-order valence-electron chi connectivity index (χ2n) is 7.86. The summed E-state index contributed by atoms with van der Waals surface area (Å²) in [4.78, 5) is 5.32. The van der Waals surface area contributed by atoms with Crippen LogP contribution < -0.4 is 5.32 Å². The molecule has 0 saturated carbocycles. The van der Waals surface area contributed by atoms with Gasteiger partial charge < -0.3 is 10.2 Å². The lowest BCUT2D eigenvalue weighted by atomic mass is 9.85. The Labute approximate surface area is 132 Å². The van der Waals surface area contributed by atoms with Crippen LogP contribution in [0.1, 0.15) is 53.4 Å². The highest BCUT2D eigenvalue weighted by atomic mass is 15.3. The number of nitrogens with one attached hydrogen (secondary N) is 1. The molecule has 0 aromatic rings. The number of rotatable bonds is 5. The summed E-state index contributed by atoms with van der Waals surface area (Å²) in [6, 6.07) is 0.718. The van der Waals surface area contributed by atoms with E-state index in [1.54, 1.807) is 0 Å². The van der Waals surface area contributed by atoms with Crippen molar-refractivity contribution in [2.75, 3.05) is 39.8 Å². The molecule has 1 unspecified atom stereocenters. The Kier molecular flexibility index (Phi) is 6.10. The summed E-state index contributed by atoms with van der Waals surface area (Å²) in [6.07, 6.45) is 5.27. The standard InChI is InChI=1S/C18H37N3/c1-6-18(7-2)14-21(17(12-19-18)15(3)4)13-16-8-10-20(5)11-9-16/h15-17,19H,6-14H2,1-5H3. The van der Waals surface area contributed by atoms with E-state index < -0.39 is 0 Å². The summed E-state index contributed by atoms with van der Waals surface area (Å²) in [5, 5.41) is 3.89. The highest BCUT2D eigenvalue weighted by Crippen LogP contribution is 2.28. The first-order valence-electron chi connectivity index (χ1n) is 9.17. The van der Waals surface area contributed by atoms with Gasteiger partial charge in [-0.05, 0) is 57.7 Å². The fourth-order valence-corrected chi connectivity index (χ4v) is 4.17. The number of hydrogen-bond donors (Lipinski definition) is 1. The zero-order valence-corrected chi connectivity index (χ0v) is 15.0. The van der Waals surface area contributed by atoms with E-state index in [-0.39, 0.29) is 0 Å². The summed E-state index contributed by atoms with van der Waals surface area (Å²) >= 11 is 0. The molecule has 0 radical (unpaired) electrons. The molecule has 0 aromatic heterocycles. The number of piperidine rings is 1. The number of likely N-dealkylation sites (tertiary alicyclic amines) is 1. The maximum absolute atomic E-state index is 3.89. The second-order valence-corrected chi connectivity index (χ2v) is 7.86. The smallest absolute Gasteiger partial charge is 0.0304 e. The summed E-state index contributed by atoms with van der Waals surface area (Å²) in [5.41, 5.74) is 0.358. The Bertz CT molecular complexity index is 304. The van der Waals surface area contributed by atoms with Crippen molar-refractivity contribution in [2.24, 2.45) is 11.8 Å². The average Bonchev–Trinajstić information content (AvgIpc) is 2.49. The molecule has 3 nitrogen and oxygen atoms in total. The van der Waals surface area contributed by atoms with E-state index in [0.29, 0.717) is 5.54 Å². The lowest BCUT2D eigenvalue weighted by Crippen LogP contribution is -2.65. The van der Waals surface area contributed by atoms with Crippen molar-refractivity contribution in [3.05, 3.63) is 0 Å². The first-order valence-corrected chi connectivity index (χ1v) is 9.17. The molecular formula is C18H37N3. The summed E-state index contributed by atoms with van der Waals surface area (Å²) in [7, 11) is 2.26. The average molecular weight is 296 g/mol. The van der Waals surface area contributed by atoms with E-state index in [1.165, 1.54) is 58.4 Å². The van der Waals surface area contributed by atoms with Crippen LogP contribution in [-0.4, -0.2) is 61.2 Å². The molecule has 0 bridgehead atoms. The van der Waals surface area contributed by atoms with Gasteiger partial charge in [-0.25, -0.2) is 0 Å². The first kappa shape index (κ1) is 17.2. The van der Waals surface area contributed by atoms with Crippen molar-refractivity contribution in [3.8, 4) is 0 Å². The molecule has 2 fully saturated rings. The van der Waals surface area contributed by atoms with Crippen molar-refractivity contribution < 1.29 is 0 Å². The molecule has 2 aliphatic rings. The fourth-order valence-electron chi connectivity index (χ4n) is 4.17. The Hall–Kier alpha value is -0.120. The third kappa shape index (κ3) is 4.20. The van der Waals surface area contributed by atoms with Crippen LogP contribution in [0.2, 0.25) is 0 Å². The maximum atomic E-state index is 3.89. The van der Waals surface area contributed by atoms with Gasteiger partial charge in [-0.2, -0.15) is 0 Å². The molecule has 2 saturated heterocycles. The predicted octanol–water partition coefficient (Wildman–Crippen LogP) is 2.82. The first-order chi connectivity index (χ1) is 9.99. The maximum Gasteiger partial charge on any atom is 0.0304 e. The van der Waals surface area contributed by atoms with Crippen LogP contribution in [0.15, 0.2) is 0 Å². The topological polar surface area (TPSA) is 18.5 Å². The van der Waals surface area contributed by atoms with E-state index in [1.807, 2.05) is 0 Å². The molecule has 2 rings (SSSR count). The highest BCUT2D eigenvalue weighted by molar-refractivity contribution is 4.98. The Morgan fingerprint density at radius 1 is 1.14 bits per heavy atom. The van der Waals surface area contributed by atoms with Crippen LogP contribution in [0.25, 0.3) is 0 Å². The minimum atomic E-state index is 0.358. The van der Waals surface area contributed by atoms with Crippen LogP contribution in [0.5, 0.6) is 0 Å². The van der Waals surface area contributed by atoms with E-state index in [9.17, 15) is 0 Å². The summed E-state index contributed by atoms with van der Waals surface area (Å²) in [6.45, 7) is 15.8. The van der Waals surface area contributed by atoms with E-state index in [0.717, 1.165) is 17.9 Å². The lowest BCUT2D eigenvalue weighted by molar-refractivity contribution is 0.0297. The van der Waals surface area contributed by atoms with Crippen LogP contribution >= 0.6 is 0 Å². The Morgan fingerprint density at radius 2 is 1.76 bits per heavy atom. The molecule has 2 aliphatic heterocycles. The van der Waals surface area contributed by atoms with Crippen LogP contribution in [0, 0.1) is 11.8 Å². The van der Waals surface area contributed by atoms with Crippen molar-refractivity contribution >= 4 is 0 Å². The molecule has 124 valence electrons. The third-order valence-corrected chi connectivity index (χ3v) is 6.11. The Balaban J connectivity index is 2.00. The van der Waals surface area contributed by atoms with Gasteiger partial charge in [0.1, 0.15) is 0 Å². The van der Waals surface area contributed by atoms with E-state index >= 15 is 0 Å². The van der Waals surface area contributed by atoms with E-state index in [2.05, 4.69) is 49.9 Å². The van der Waals surface area contributed by atoms with Gasteiger partial charge in [0.2, 0.25) is 0 Å². The van der Waals surface area contributed by atoms with Gasteiger partial charge in [-0.15, -0.1) is 0 Å². The molecule has 1 N–H and O–H groups in total. The molecule has 1 atom stereocenters. The summed E-state index contributed by atoms with van der Waals surface area (Å²) in [5.74, 6) is 1.66. The minimum Gasteiger partial charge on any atom is -0.308 e. The van der Waals surface area contributed by atoms with Crippen molar-refractivity contribution in [3.63, 3.8) is 0 Å². The van der Waals surface area contributed by atoms with Gasteiger partial charge in [0, 0.05) is 31.2 Å². The molecule has 0 aromatic carbocycles. The third-order valence-electron chi connectivity index (χ3n) is 6.11. The number of nitrogens with zero attached hydrogens (tertiary/aromatic N) is 2. The molecule has 0 aliphatic carbocycles.